The molecule has 29 heavy (non-hydrogen) atoms. The van der Waals surface area contributed by atoms with Gasteiger partial charge in [-0.2, -0.15) is 0 Å². The van der Waals surface area contributed by atoms with Crippen molar-refractivity contribution in [3.8, 4) is 0 Å². The van der Waals surface area contributed by atoms with Gasteiger partial charge in [0, 0.05) is 33.2 Å². The number of aromatic nitrogens is 2. The highest BCUT2D eigenvalue weighted by atomic mass is 16.5. The summed E-state index contributed by atoms with van der Waals surface area (Å²) in [6.07, 6.45) is 0. The Morgan fingerprint density at radius 3 is 1.76 bits per heavy atom. The molecule has 2 aromatic carbocycles. The Morgan fingerprint density at radius 1 is 0.828 bits per heavy atom. The molecule has 0 amide bonds. The van der Waals surface area contributed by atoms with E-state index in [0.717, 1.165) is 27.5 Å². The maximum atomic E-state index is 11.3. The predicted octanol–water partition coefficient (Wildman–Crippen LogP) is 2.81. The Bertz CT molecular complexity index is 1170. The molecule has 0 bridgehead atoms. The summed E-state index contributed by atoms with van der Waals surface area (Å²) in [7, 11) is 1.35. The lowest BCUT2D eigenvalue weighted by Gasteiger charge is -1.98. The fourth-order valence-corrected chi connectivity index (χ4v) is 2.93. The average molecular weight is 396 g/mol. The molecule has 0 aliphatic rings. The Hall–Kier alpha value is -3.62. The third kappa shape index (κ3) is 4.45. The molecule has 0 saturated carbocycles. The van der Waals surface area contributed by atoms with Crippen LogP contribution in [0.1, 0.15) is 32.1 Å². The number of carboxylic acid groups (broad SMARTS) is 1. The van der Waals surface area contributed by atoms with Crippen LogP contribution in [0.15, 0.2) is 48.5 Å². The molecule has 2 heterocycles. The SMILES string of the molecule is COC(=O)c1ccc2[nH]c(CO)cc2c1.O=C(O)c1ccc2[nH]c(CO)cc2c1. The maximum Gasteiger partial charge on any atom is 0.337 e. The number of aromatic amines is 2. The molecule has 2 aromatic heterocycles. The zero-order valence-corrected chi connectivity index (χ0v) is 15.6. The minimum atomic E-state index is -0.946. The molecule has 0 unspecified atom stereocenters. The Kier molecular flexibility index (Phi) is 5.96. The smallest absolute Gasteiger partial charge is 0.337 e. The van der Waals surface area contributed by atoms with Crippen molar-refractivity contribution in [1.29, 1.82) is 0 Å². The van der Waals surface area contributed by atoms with E-state index in [0.29, 0.717) is 11.3 Å². The van der Waals surface area contributed by atoms with Crippen molar-refractivity contribution in [3.63, 3.8) is 0 Å². The molecule has 4 aromatic rings. The van der Waals surface area contributed by atoms with Crippen molar-refractivity contribution >= 4 is 33.7 Å². The maximum absolute atomic E-state index is 11.3. The van der Waals surface area contributed by atoms with Crippen molar-refractivity contribution in [2.24, 2.45) is 0 Å². The second kappa shape index (κ2) is 8.59. The second-order valence-corrected chi connectivity index (χ2v) is 6.31. The van der Waals surface area contributed by atoms with E-state index >= 15 is 0 Å². The zero-order chi connectivity index (χ0) is 21.0. The van der Waals surface area contributed by atoms with Crippen LogP contribution in [0.25, 0.3) is 21.8 Å². The molecular weight excluding hydrogens is 376 g/mol. The number of hydrogen-bond donors (Lipinski definition) is 5. The number of nitrogens with one attached hydrogen (secondary N) is 2. The highest BCUT2D eigenvalue weighted by molar-refractivity contribution is 5.95. The van der Waals surface area contributed by atoms with Gasteiger partial charge in [0.25, 0.3) is 0 Å². The largest absolute Gasteiger partial charge is 0.478 e. The van der Waals surface area contributed by atoms with Crippen LogP contribution < -0.4 is 0 Å². The fourth-order valence-electron chi connectivity index (χ4n) is 2.93. The summed E-state index contributed by atoms with van der Waals surface area (Å²) in [6, 6.07) is 13.6. The van der Waals surface area contributed by atoms with Crippen LogP contribution in [0.4, 0.5) is 0 Å². The molecule has 150 valence electrons. The minimum absolute atomic E-state index is 0.0394. The predicted molar refractivity (Wildman–Crippen MR) is 107 cm³/mol. The lowest BCUT2D eigenvalue weighted by atomic mass is 10.1. The molecular formula is C21H20N2O6. The van der Waals surface area contributed by atoms with Crippen LogP contribution in [-0.4, -0.2) is 44.3 Å². The number of aliphatic hydroxyl groups excluding tert-OH is 2. The van der Waals surface area contributed by atoms with Crippen LogP contribution in [0, 0.1) is 0 Å². The lowest BCUT2D eigenvalue weighted by molar-refractivity contribution is 0.0600. The van der Waals surface area contributed by atoms with E-state index in [-0.39, 0.29) is 24.7 Å². The molecule has 0 spiro atoms. The minimum Gasteiger partial charge on any atom is -0.478 e. The van der Waals surface area contributed by atoms with Crippen LogP contribution in [0.3, 0.4) is 0 Å². The van der Waals surface area contributed by atoms with Gasteiger partial charge in [0.1, 0.15) is 0 Å². The van der Waals surface area contributed by atoms with Gasteiger partial charge in [-0.25, -0.2) is 9.59 Å². The monoisotopic (exact) mass is 396 g/mol. The normalized spacial score (nSPS) is 10.6. The Morgan fingerprint density at radius 2 is 1.31 bits per heavy atom. The summed E-state index contributed by atoms with van der Waals surface area (Å²) >= 11 is 0. The quantitative estimate of drug-likeness (QED) is 0.337. The summed E-state index contributed by atoms with van der Waals surface area (Å²) in [5.74, 6) is -1.30. The van der Waals surface area contributed by atoms with Gasteiger partial charge in [-0.15, -0.1) is 0 Å². The summed E-state index contributed by atoms with van der Waals surface area (Å²) < 4.78 is 4.62. The summed E-state index contributed by atoms with van der Waals surface area (Å²) in [5.41, 5.74) is 3.90. The molecule has 0 aliphatic carbocycles. The van der Waals surface area contributed by atoms with E-state index in [9.17, 15) is 9.59 Å². The highest BCUT2D eigenvalue weighted by Gasteiger charge is 2.07. The molecule has 0 atom stereocenters. The van der Waals surface area contributed by atoms with Crippen molar-refractivity contribution in [2.75, 3.05) is 7.11 Å². The lowest BCUT2D eigenvalue weighted by Crippen LogP contribution is -2.00. The number of rotatable bonds is 4. The van der Waals surface area contributed by atoms with Crippen LogP contribution >= 0.6 is 0 Å². The van der Waals surface area contributed by atoms with E-state index in [2.05, 4.69) is 14.7 Å². The number of carbonyl (C=O) groups excluding carboxylic acids is 1. The fraction of sp³-hybridized carbons (Fsp3) is 0.143. The molecule has 0 aliphatic heterocycles. The van der Waals surface area contributed by atoms with Gasteiger partial charge in [0.05, 0.1) is 31.5 Å². The van der Waals surface area contributed by atoms with Gasteiger partial charge in [0.15, 0.2) is 0 Å². The number of carbonyl (C=O) groups is 2. The third-order valence-electron chi connectivity index (χ3n) is 4.36. The van der Waals surface area contributed by atoms with Gasteiger partial charge >= 0.3 is 11.9 Å². The number of fused-ring (bicyclic) bond motifs is 2. The van der Waals surface area contributed by atoms with Gasteiger partial charge in [0.2, 0.25) is 0 Å². The van der Waals surface area contributed by atoms with Gasteiger partial charge in [-0.05, 0) is 48.5 Å². The number of ether oxygens (including phenoxy) is 1. The van der Waals surface area contributed by atoms with Crippen molar-refractivity contribution in [1.82, 2.24) is 9.97 Å². The molecule has 0 saturated heterocycles. The molecule has 0 fully saturated rings. The summed E-state index contributed by atoms with van der Waals surface area (Å²) in [5, 5.41) is 28.2. The van der Waals surface area contributed by atoms with Gasteiger partial charge < -0.3 is 30.0 Å². The molecule has 5 N–H and O–H groups in total. The standard InChI is InChI=1S/C11H11NO3.C10H9NO3/c1-15-11(14)7-2-3-10-8(4-7)5-9(6-13)12-10;12-5-8-4-7-3-6(10(13)14)1-2-9(7)11-8/h2-5,12-13H,6H2,1H3;1-4,11-12H,5H2,(H,13,14). The van der Waals surface area contributed by atoms with Crippen molar-refractivity contribution < 1.29 is 29.6 Å². The number of carboxylic acids is 1. The van der Waals surface area contributed by atoms with E-state index in [1.54, 1.807) is 36.4 Å². The molecule has 4 rings (SSSR count). The molecule has 0 radical (unpaired) electrons. The number of methoxy groups -OCH3 is 1. The first-order valence-electron chi connectivity index (χ1n) is 8.71. The van der Waals surface area contributed by atoms with E-state index in [4.69, 9.17) is 15.3 Å². The Balaban J connectivity index is 0.000000166. The van der Waals surface area contributed by atoms with Gasteiger partial charge in [-0.1, -0.05) is 0 Å². The first-order chi connectivity index (χ1) is 13.9. The number of aliphatic hydroxyl groups is 2. The van der Waals surface area contributed by atoms with E-state index in [1.807, 2.05) is 6.07 Å². The number of hydrogen-bond acceptors (Lipinski definition) is 5. The number of H-pyrrole nitrogens is 2. The first kappa shape index (κ1) is 20.1. The summed E-state index contributed by atoms with van der Waals surface area (Å²) in [4.78, 5) is 27.9. The van der Waals surface area contributed by atoms with Crippen LogP contribution in [0.2, 0.25) is 0 Å². The van der Waals surface area contributed by atoms with Crippen LogP contribution in [0.5, 0.6) is 0 Å². The first-order valence-corrected chi connectivity index (χ1v) is 8.71. The summed E-state index contributed by atoms with van der Waals surface area (Å²) in [6.45, 7) is -0.112. The van der Waals surface area contributed by atoms with Gasteiger partial charge in [-0.3, -0.25) is 0 Å². The van der Waals surface area contributed by atoms with E-state index in [1.165, 1.54) is 13.2 Å². The molecule has 8 nitrogen and oxygen atoms in total. The number of benzene rings is 2. The number of aromatic carboxylic acids is 1. The van der Waals surface area contributed by atoms with Crippen molar-refractivity contribution in [2.45, 2.75) is 13.2 Å². The van der Waals surface area contributed by atoms with Crippen molar-refractivity contribution in [3.05, 3.63) is 71.0 Å². The van der Waals surface area contributed by atoms with E-state index < -0.39 is 5.97 Å². The zero-order valence-electron chi connectivity index (χ0n) is 15.6. The third-order valence-corrected chi connectivity index (χ3v) is 4.36. The molecule has 8 heteroatoms. The van der Waals surface area contributed by atoms with Crippen LogP contribution in [-0.2, 0) is 18.0 Å². The highest BCUT2D eigenvalue weighted by Crippen LogP contribution is 2.18. The topological polar surface area (TPSA) is 136 Å². The number of esters is 1. The Labute approximate surface area is 165 Å². The average Bonchev–Trinajstić information content (AvgIpc) is 3.35. The second-order valence-electron chi connectivity index (χ2n) is 6.31.